The summed E-state index contributed by atoms with van der Waals surface area (Å²) in [4.78, 5) is 0.247. The minimum atomic E-state index is -3.21. The van der Waals surface area contributed by atoms with E-state index in [4.69, 9.17) is 16.3 Å². The molecular weight excluding hydrogens is 386 g/mol. The summed E-state index contributed by atoms with van der Waals surface area (Å²) in [6.45, 7) is 0.601. The highest BCUT2D eigenvalue weighted by atomic mass is 35.5. The van der Waals surface area contributed by atoms with Gasteiger partial charge in [0.05, 0.1) is 4.90 Å². The molecule has 2 aromatic rings. The van der Waals surface area contributed by atoms with E-state index >= 15 is 0 Å². The Morgan fingerprint density at radius 2 is 1.93 bits per heavy atom. The lowest BCUT2D eigenvalue weighted by atomic mass is 9.76. The Morgan fingerprint density at radius 1 is 1.22 bits per heavy atom. The standard InChI is InChI=1S/C20H24ClNO4S/c1-27(24,25)20-7-5-19(6-8-20)26-13-18(23)12-22-17-10-15(11-17)14-3-2-4-16(21)9-14/h2-9,15,17-18,22-23H,10-13H2,1H3/t15-,17-,18?. The lowest BCUT2D eigenvalue weighted by Crippen LogP contribution is -2.44. The Labute approximate surface area is 165 Å². The first-order chi connectivity index (χ1) is 12.8. The van der Waals surface area contributed by atoms with E-state index < -0.39 is 15.9 Å². The van der Waals surface area contributed by atoms with Crippen LogP contribution >= 0.6 is 11.6 Å². The summed E-state index contributed by atoms with van der Waals surface area (Å²) in [5, 5.41) is 14.2. The van der Waals surface area contributed by atoms with Gasteiger partial charge in [-0.25, -0.2) is 8.42 Å². The maximum atomic E-state index is 11.4. The Balaban J connectivity index is 1.36. The van der Waals surface area contributed by atoms with Gasteiger partial charge in [-0.15, -0.1) is 0 Å². The van der Waals surface area contributed by atoms with Gasteiger partial charge in [-0.05, 0) is 60.7 Å². The summed E-state index contributed by atoms with van der Waals surface area (Å²) in [5.41, 5.74) is 1.27. The average Bonchev–Trinajstić information content (AvgIpc) is 2.58. The molecule has 2 N–H and O–H groups in total. The monoisotopic (exact) mass is 409 g/mol. The van der Waals surface area contributed by atoms with Crippen LogP contribution in [0.3, 0.4) is 0 Å². The highest BCUT2D eigenvalue weighted by Crippen LogP contribution is 2.37. The maximum Gasteiger partial charge on any atom is 0.175 e. The van der Waals surface area contributed by atoms with Gasteiger partial charge in [-0.3, -0.25) is 0 Å². The van der Waals surface area contributed by atoms with E-state index in [1.54, 1.807) is 12.1 Å². The van der Waals surface area contributed by atoms with E-state index in [-0.39, 0.29) is 11.5 Å². The first kappa shape index (κ1) is 20.1. The minimum Gasteiger partial charge on any atom is -0.491 e. The summed E-state index contributed by atoms with van der Waals surface area (Å²) >= 11 is 6.03. The SMILES string of the molecule is CS(=O)(=O)c1ccc(OCC(O)CN[C@H]2C[C@H](c3cccc(Cl)c3)C2)cc1. The molecule has 5 nitrogen and oxygen atoms in total. The summed E-state index contributed by atoms with van der Waals surface area (Å²) in [7, 11) is -3.21. The normalized spacial score (nSPS) is 20.7. The molecule has 0 saturated heterocycles. The zero-order valence-electron chi connectivity index (χ0n) is 15.1. The third-order valence-corrected chi connectivity index (χ3v) is 6.16. The van der Waals surface area contributed by atoms with Gasteiger partial charge in [0, 0.05) is 23.9 Å². The highest BCUT2D eigenvalue weighted by Gasteiger charge is 2.30. The fourth-order valence-electron chi connectivity index (χ4n) is 3.15. The molecule has 7 heteroatoms. The summed E-state index contributed by atoms with van der Waals surface area (Å²) in [6, 6.07) is 14.5. The van der Waals surface area contributed by atoms with Crippen LogP contribution in [0.2, 0.25) is 5.02 Å². The van der Waals surface area contributed by atoms with Gasteiger partial charge in [0.25, 0.3) is 0 Å². The van der Waals surface area contributed by atoms with Crippen molar-refractivity contribution in [2.24, 2.45) is 0 Å². The molecule has 146 valence electrons. The van der Waals surface area contributed by atoms with Crippen LogP contribution in [0, 0.1) is 0 Å². The first-order valence-electron chi connectivity index (χ1n) is 8.91. The zero-order chi connectivity index (χ0) is 19.4. The van der Waals surface area contributed by atoms with Crippen molar-refractivity contribution in [3.8, 4) is 5.75 Å². The molecule has 1 saturated carbocycles. The number of aliphatic hydroxyl groups is 1. The highest BCUT2D eigenvalue weighted by molar-refractivity contribution is 7.90. The second-order valence-corrected chi connectivity index (χ2v) is 9.49. The van der Waals surface area contributed by atoms with Crippen LogP contribution in [0.25, 0.3) is 0 Å². The molecule has 27 heavy (non-hydrogen) atoms. The second-order valence-electron chi connectivity index (χ2n) is 7.04. The van der Waals surface area contributed by atoms with Crippen molar-refractivity contribution in [1.82, 2.24) is 5.32 Å². The summed E-state index contributed by atoms with van der Waals surface area (Å²) < 4.78 is 28.4. The molecule has 0 heterocycles. The van der Waals surface area contributed by atoms with Crippen LogP contribution in [-0.4, -0.2) is 45.1 Å². The third-order valence-electron chi connectivity index (χ3n) is 4.79. The van der Waals surface area contributed by atoms with Gasteiger partial charge in [-0.2, -0.15) is 0 Å². The van der Waals surface area contributed by atoms with Crippen molar-refractivity contribution in [3.63, 3.8) is 0 Å². The van der Waals surface area contributed by atoms with Gasteiger partial charge >= 0.3 is 0 Å². The number of ether oxygens (including phenoxy) is 1. The second kappa shape index (κ2) is 8.61. The van der Waals surface area contributed by atoms with Gasteiger partial charge in [0.15, 0.2) is 9.84 Å². The molecular formula is C20H24ClNO4S. The smallest absolute Gasteiger partial charge is 0.175 e. The fraction of sp³-hybridized carbons (Fsp3) is 0.400. The number of hydrogen-bond acceptors (Lipinski definition) is 5. The van der Waals surface area contributed by atoms with Gasteiger partial charge in [0.1, 0.15) is 18.5 Å². The first-order valence-corrected chi connectivity index (χ1v) is 11.2. The van der Waals surface area contributed by atoms with Crippen molar-refractivity contribution in [3.05, 3.63) is 59.1 Å². The third kappa shape index (κ3) is 5.69. The number of benzene rings is 2. The van der Waals surface area contributed by atoms with Gasteiger partial charge < -0.3 is 15.2 Å². The average molecular weight is 410 g/mol. The van der Waals surface area contributed by atoms with E-state index in [1.807, 2.05) is 18.2 Å². The summed E-state index contributed by atoms with van der Waals surface area (Å²) in [6.07, 6.45) is 2.59. The molecule has 3 rings (SSSR count). The number of rotatable bonds is 8. The Bertz CT molecular complexity index is 864. The van der Waals surface area contributed by atoms with Crippen molar-refractivity contribution in [2.45, 2.75) is 35.8 Å². The van der Waals surface area contributed by atoms with E-state index in [9.17, 15) is 13.5 Å². The zero-order valence-corrected chi connectivity index (χ0v) is 16.7. The van der Waals surface area contributed by atoms with Crippen molar-refractivity contribution >= 4 is 21.4 Å². The van der Waals surface area contributed by atoms with Crippen LogP contribution in [-0.2, 0) is 9.84 Å². The van der Waals surface area contributed by atoms with E-state index in [0.29, 0.717) is 24.3 Å². The van der Waals surface area contributed by atoms with Crippen molar-refractivity contribution in [2.75, 3.05) is 19.4 Å². The molecule has 1 unspecified atom stereocenters. The van der Waals surface area contributed by atoms with Crippen LogP contribution in [0.4, 0.5) is 0 Å². The minimum absolute atomic E-state index is 0.148. The topological polar surface area (TPSA) is 75.6 Å². The van der Waals surface area contributed by atoms with Gasteiger partial charge in [-0.1, -0.05) is 23.7 Å². The van der Waals surface area contributed by atoms with Gasteiger partial charge in [0.2, 0.25) is 0 Å². The van der Waals surface area contributed by atoms with Crippen LogP contribution in [0.15, 0.2) is 53.4 Å². The number of halogens is 1. The molecule has 2 aromatic carbocycles. The Hall–Kier alpha value is -1.60. The number of sulfone groups is 1. The molecule has 0 bridgehead atoms. The predicted octanol–water partition coefficient (Wildman–Crippen LogP) is 3.02. The molecule has 0 aromatic heterocycles. The molecule has 1 aliphatic carbocycles. The fourth-order valence-corrected chi connectivity index (χ4v) is 3.98. The van der Waals surface area contributed by atoms with E-state index in [2.05, 4.69) is 11.4 Å². The van der Waals surface area contributed by atoms with Crippen LogP contribution in [0.5, 0.6) is 5.75 Å². The number of nitrogens with one attached hydrogen (secondary N) is 1. The Kier molecular flexibility index (Phi) is 6.42. The molecule has 0 radical (unpaired) electrons. The molecule has 0 aliphatic heterocycles. The van der Waals surface area contributed by atoms with Crippen LogP contribution < -0.4 is 10.1 Å². The quantitative estimate of drug-likeness (QED) is 0.700. The summed E-state index contributed by atoms with van der Waals surface area (Å²) in [5.74, 6) is 1.05. The van der Waals surface area contributed by atoms with E-state index in [0.717, 1.165) is 24.1 Å². The molecule has 0 spiro atoms. The van der Waals surface area contributed by atoms with Crippen molar-refractivity contribution < 1.29 is 18.3 Å². The van der Waals surface area contributed by atoms with Crippen molar-refractivity contribution in [1.29, 1.82) is 0 Å². The largest absolute Gasteiger partial charge is 0.491 e. The maximum absolute atomic E-state index is 11.4. The Morgan fingerprint density at radius 3 is 2.56 bits per heavy atom. The predicted molar refractivity (Wildman–Crippen MR) is 106 cm³/mol. The molecule has 1 atom stereocenters. The van der Waals surface area contributed by atoms with E-state index in [1.165, 1.54) is 17.7 Å². The van der Waals surface area contributed by atoms with Crippen LogP contribution in [0.1, 0.15) is 24.3 Å². The lowest BCUT2D eigenvalue weighted by Gasteiger charge is -2.37. The molecule has 1 aliphatic rings. The number of hydrogen-bond donors (Lipinski definition) is 2. The lowest BCUT2D eigenvalue weighted by molar-refractivity contribution is 0.0981. The number of aliphatic hydroxyl groups excluding tert-OH is 1. The molecule has 0 amide bonds. The molecule has 1 fully saturated rings.